The molecule has 9 aromatic carbocycles. The highest BCUT2D eigenvalue weighted by Crippen LogP contribution is 2.45. The molecule has 0 nitrogen and oxygen atoms in total. The van der Waals surface area contributed by atoms with Crippen LogP contribution in [0.15, 0.2) is 182 Å². The van der Waals surface area contributed by atoms with Gasteiger partial charge in [0.1, 0.15) is 0 Å². The molecule has 0 fully saturated rings. The lowest BCUT2D eigenvalue weighted by molar-refractivity contribution is 1.23. The first-order chi connectivity index (χ1) is 23.3. The highest BCUT2D eigenvalue weighted by molar-refractivity contribution is 6.22. The molecule has 0 unspecified atom stereocenters. The summed E-state index contributed by atoms with van der Waals surface area (Å²) in [4.78, 5) is 0. The molecule has 0 atom stereocenters. The predicted molar refractivity (Wildman–Crippen MR) is 202 cm³/mol. The Morgan fingerprint density at radius 1 is 0.298 bits per heavy atom. The summed E-state index contributed by atoms with van der Waals surface area (Å²) in [6, 6.07) is 66.6. The van der Waals surface area contributed by atoms with Crippen LogP contribution in [-0.2, 0) is 6.42 Å². The maximum absolute atomic E-state index is 2.33. The summed E-state index contributed by atoms with van der Waals surface area (Å²) in [5.41, 5.74) is 10.4. The molecular formula is C47H32. The van der Waals surface area contributed by atoms with Crippen LogP contribution in [0.1, 0.15) is 11.1 Å². The van der Waals surface area contributed by atoms with Crippen LogP contribution < -0.4 is 0 Å². The van der Waals surface area contributed by atoms with Crippen molar-refractivity contribution < 1.29 is 0 Å². The molecule has 47 heavy (non-hydrogen) atoms. The summed E-state index contributed by atoms with van der Waals surface area (Å²) in [7, 11) is 0. The Kier molecular flexibility index (Phi) is 6.65. The molecule has 220 valence electrons. The van der Waals surface area contributed by atoms with E-state index < -0.39 is 0 Å². The summed E-state index contributed by atoms with van der Waals surface area (Å²) in [5, 5.41) is 10.3. The van der Waals surface area contributed by atoms with Crippen molar-refractivity contribution in [2.45, 2.75) is 6.42 Å². The summed E-state index contributed by atoms with van der Waals surface area (Å²) >= 11 is 0. The number of fused-ring (bicyclic) bond motifs is 5. The third-order valence-corrected chi connectivity index (χ3v) is 9.77. The minimum atomic E-state index is 0.854. The van der Waals surface area contributed by atoms with Crippen LogP contribution in [0.4, 0.5) is 0 Å². The highest BCUT2D eigenvalue weighted by Gasteiger charge is 2.19. The van der Waals surface area contributed by atoms with Gasteiger partial charge < -0.3 is 0 Å². The van der Waals surface area contributed by atoms with Gasteiger partial charge >= 0.3 is 0 Å². The molecule has 0 heterocycles. The van der Waals surface area contributed by atoms with Crippen molar-refractivity contribution in [2.75, 3.05) is 0 Å². The molecular weight excluding hydrogens is 565 g/mol. The van der Waals surface area contributed by atoms with Gasteiger partial charge in [-0.05, 0) is 94.0 Å². The van der Waals surface area contributed by atoms with Crippen LogP contribution in [0.25, 0.3) is 76.5 Å². The first-order valence-electron chi connectivity index (χ1n) is 16.4. The molecule has 0 spiro atoms. The van der Waals surface area contributed by atoms with Gasteiger partial charge in [0, 0.05) is 0 Å². The van der Waals surface area contributed by atoms with Crippen LogP contribution in [0.3, 0.4) is 0 Å². The Balaban J connectivity index is 1.32. The molecule has 0 radical (unpaired) electrons. The van der Waals surface area contributed by atoms with Crippen LogP contribution in [0.2, 0.25) is 0 Å². The Morgan fingerprint density at radius 3 is 1.51 bits per heavy atom. The Morgan fingerprint density at radius 2 is 0.809 bits per heavy atom. The van der Waals surface area contributed by atoms with E-state index in [1.807, 2.05) is 0 Å². The zero-order chi connectivity index (χ0) is 31.2. The van der Waals surface area contributed by atoms with Crippen molar-refractivity contribution in [3.63, 3.8) is 0 Å². The molecule has 0 saturated carbocycles. The predicted octanol–water partition coefficient (Wildman–Crippen LogP) is 12.9. The number of benzene rings is 9. The zero-order valence-electron chi connectivity index (χ0n) is 26.0. The molecule has 9 rings (SSSR count). The van der Waals surface area contributed by atoms with Gasteiger partial charge in [-0.1, -0.05) is 182 Å². The Labute approximate surface area is 275 Å². The van der Waals surface area contributed by atoms with Gasteiger partial charge in [-0.2, -0.15) is 0 Å². The zero-order valence-corrected chi connectivity index (χ0v) is 26.0. The van der Waals surface area contributed by atoms with Gasteiger partial charge in [0.15, 0.2) is 0 Å². The van der Waals surface area contributed by atoms with Gasteiger partial charge in [0.05, 0.1) is 0 Å². The lowest BCUT2D eigenvalue weighted by Crippen LogP contribution is -1.97. The van der Waals surface area contributed by atoms with E-state index in [4.69, 9.17) is 0 Å². The summed E-state index contributed by atoms with van der Waals surface area (Å²) in [5.74, 6) is 0. The van der Waals surface area contributed by atoms with E-state index in [0.29, 0.717) is 0 Å². The molecule has 0 bridgehead atoms. The van der Waals surface area contributed by atoms with Gasteiger partial charge in [-0.25, -0.2) is 0 Å². The molecule has 0 aliphatic rings. The van der Waals surface area contributed by atoms with Gasteiger partial charge in [-0.15, -0.1) is 0 Å². The van der Waals surface area contributed by atoms with Crippen molar-refractivity contribution in [2.24, 2.45) is 0 Å². The first-order valence-corrected chi connectivity index (χ1v) is 16.4. The van der Waals surface area contributed by atoms with E-state index in [2.05, 4.69) is 182 Å². The van der Waals surface area contributed by atoms with Crippen molar-refractivity contribution in [1.29, 1.82) is 0 Å². The fraction of sp³-hybridized carbons (Fsp3) is 0.0213. The molecule has 0 heteroatoms. The quantitative estimate of drug-likeness (QED) is 0.137. The van der Waals surface area contributed by atoms with E-state index in [1.54, 1.807) is 0 Å². The van der Waals surface area contributed by atoms with Crippen LogP contribution in [0, 0.1) is 0 Å². The third-order valence-electron chi connectivity index (χ3n) is 9.77. The topological polar surface area (TPSA) is 0 Å². The molecule has 0 N–H and O–H groups in total. The Hall–Kier alpha value is -5.98. The second-order valence-electron chi connectivity index (χ2n) is 12.4. The molecule has 0 amide bonds. The first kappa shape index (κ1) is 27.3. The van der Waals surface area contributed by atoms with Crippen LogP contribution >= 0.6 is 0 Å². The monoisotopic (exact) mass is 596 g/mol. The SMILES string of the molecule is c1ccc(-c2ccccc2Cc2c3ccccc3c(-c3cccc4c3ccc3cccc(-c5ccccc5)c34)c3ccccc23)cc1. The van der Waals surface area contributed by atoms with Gasteiger partial charge in [0.2, 0.25) is 0 Å². The molecule has 0 aliphatic heterocycles. The minimum absolute atomic E-state index is 0.854. The maximum Gasteiger partial charge on any atom is -0.000728 e. The van der Waals surface area contributed by atoms with E-state index in [1.165, 1.54) is 87.6 Å². The average Bonchev–Trinajstić information content (AvgIpc) is 3.15. The van der Waals surface area contributed by atoms with Crippen molar-refractivity contribution in [1.82, 2.24) is 0 Å². The molecule has 0 aromatic heterocycles. The average molecular weight is 597 g/mol. The van der Waals surface area contributed by atoms with E-state index in [-0.39, 0.29) is 0 Å². The normalized spacial score (nSPS) is 11.5. The third kappa shape index (κ3) is 4.61. The summed E-state index contributed by atoms with van der Waals surface area (Å²) in [6.07, 6.45) is 0.854. The van der Waals surface area contributed by atoms with Crippen molar-refractivity contribution in [3.05, 3.63) is 193 Å². The lowest BCUT2D eigenvalue weighted by atomic mass is 9.83. The lowest BCUT2D eigenvalue weighted by Gasteiger charge is -2.20. The number of rotatable bonds is 5. The standard InChI is InChI=1S/C47H32/c1-3-15-32(16-4-1)36-21-8-7-19-35(36)31-45-38-22-9-11-24-42(38)47(43-25-12-10-23-39(43)45)44-28-14-27-41-40(44)30-29-34-20-13-26-37(46(34)41)33-17-5-2-6-18-33/h1-30H,31H2. The van der Waals surface area contributed by atoms with Crippen molar-refractivity contribution in [3.8, 4) is 33.4 Å². The molecule has 0 aliphatic carbocycles. The molecule has 0 saturated heterocycles. The Bertz CT molecular complexity index is 2520. The van der Waals surface area contributed by atoms with Crippen LogP contribution in [0.5, 0.6) is 0 Å². The summed E-state index contributed by atoms with van der Waals surface area (Å²) in [6.45, 7) is 0. The van der Waals surface area contributed by atoms with E-state index in [9.17, 15) is 0 Å². The second kappa shape index (κ2) is 11.4. The smallest absolute Gasteiger partial charge is 0.000728 e. The highest BCUT2D eigenvalue weighted by atomic mass is 14.2. The minimum Gasteiger partial charge on any atom is -0.0622 e. The van der Waals surface area contributed by atoms with Crippen LogP contribution in [-0.4, -0.2) is 0 Å². The van der Waals surface area contributed by atoms with Gasteiger partial charge in [0.25, 0.3) is 0 Å². The second-order valence-corrected chi connectivity index (χ2v) is 12.4. The van der Waals surface area contributed by atoms with Gasteiger partial charge in [-0.3, -0.25) is 0 Å². The fourth-order valence-electron chi connectivity index (χ4n) is 7.69. The number of hydrogen-bond acceptors (Lipinski definition) is 0. The fourth-order valence-corrected chi connectivity index (χ4v) is 7.69. The molecule has 9 aromatic rings. The summed E-state index contributed by atoms with van der Waals surface area (Å²) < 4.78 is 0. The van der Waals surface area contributed by atoms with Crippen molar-refractivity contribution >= 4 is 43.1 Å². The number of hydrogen-bond donors (Lipinski definition) is 0. The largest absolute Gasteiger partial charge is 0.0622 e. The maximum atomic E-state index is 2.33. The van der Waals surface area contributed by atoms with E-state index in [0.717, 1.165) is 6.42 Å². The van der Waals surface area contributed by atoms with E-state index >= 15 is 0 Å².